The highest BCUT2D eigenvalue weighted by Gasteiger charge is 2.25. The lowest BCUT2D eigenvalue weighted by Crippen LogP contribution is -2.53. The van der Waals surface area contributed by atoms with Gasteiger partial charge in [-0.25, -0.2) is 4.98 Å². The van der Waals surface area contributed by atoms with Crippen molar-refractivity contribution in [2.45, 2.75) is 31.5 Å². The number of fused-ring (bicyclic) bond motifs is 1. The molecule has 0 radical (unpaired) electrons. The Morgan fingerprint density at radius 3 is 2.41 bits per heavy atom. The Balaban J connectivity index is 0.00000204. The van der Waals surface area contributed by atoms with Gasteiger partial charge in [0, 0.05) is 42.0 Å². The van der Waals surface area contributed by atoms with E-state index in [2.05, 4.69) is 25.6 Å². The second-order valence-electron chi connectivity index (χ2n) is 7.72. The Bertz CT molecular complexity index is 1180. The number of carbonyl (C=O) groups excluding carboxylic acids is 2. The first-order chi connectivity index (χ1) is 15.6. The van der Waals surface area contributed by atoms with Crippen molar-refractivity contribution in [3.8, 4) is 0 Å². The monoisotopic (exact) mass is 502 g/mol. The van der Waals surface area contributed by atoms with E-state index in [9.17, 15) is 9.59 Å². The topological polar surface area (TPSA) is 129 Å². The molecule has 180 valence electrons. The number of imidazole rings is 1. The van der Waals surface area contributed by atoms with Crippen LogP contribution in [0.25, 0.3) is 10.9 Å². The predicted molar refractivity (Wildman–Crippen MR) is 137 cm³/mol. The maximum atomic E-state index is 12.9. The molecule has 0 aliphatic heterocycles. The number of nitrogens with two attached hydrogens (primary N) is 1. The molecule has 2 aromatic heterocycles. The summed E-state index contributed by atoms with van der Waals surface area (Å²) in [5.74, 6) is -0.661. The maximum absolute atomic E-state index is 12.9. The number of benzene rings is 2. The van der Waals surface area contributed by atoms with Gasteiger partial charge in [-0.2, -0.15) is 0 Å². The largest absolute Gasteiger partial charge is 0.361 e. The summed E-state index contributed by atoms with van der Waals surface area (Å²) in [6, 6.07) is 15.9. The highest BCUT2D eigenvalue weighted by atomic mass is 35.5. The number of amides is 2. The number of nitrogens with zero attached hydrogens (tertiary/aromatic N) is 1. The van der Waals surface area contributed by atoms with Crippen LogP contribution in [-0.2, 0) is 29.0 Å². The molecular weight excluding hydrogens is 475 g/mol. The van der Waals surface area contributed by atoms with Crippen LogP contribution in [0.5, 0.6) is 0 Å². The molecule has 8 nitrogen and oxygen atoms in total. The quantitative estimate of drug-likeness (QED) is 0.241. The number of aromatic nitrogens is 3. The van der Waals surface area contributed by atoms with Gasteiger partial charge < -0.3 is 26.3 Å². The van der Waals surface area contributed by atoms with E-state index in [0.717, 1.165) is 27.7 Å². The van der Waals surface area contributed by atoms with E-state index in [1.54, 1.807) is 12.5 Å². The summed E-state index contributed by atoms with van der Waals surface area (Å²) in [6.07, 6.45) is 5.69. The minimum atomic E-state index is -0.791. The zero-order valence-corrected chi connectivity index (χ0v) is 20.0. The lowest BCUT2D eigenvalue weighted by atomic mass is 10.0. The van der Waals surface area contributed by atoms with Gasteiger partial charge in [0.2, 0.25) is 11.8 Å². The summed E-state index contributed by atoms with van der Waals surface area (Å²) in [6.45, 7) is 0.371. The summed E-state index contributed by atoms with van der Waals surface area (Å²) in [5, 5.41) is 6.74. The molecule has 4 aromatic rings. The Morgan fingerprint density at radius 2 is 1.68 bits per heavy atom. The van der Waals surface area contributed by atoms with Crippen molar-refractivity contribution in [1.29, 1.82) is 0 Å². The number of hydrogen-bond donors (Lipinski definition) is 5. The molecule has 2 aromatic carbocycles. The SMILES string of the molecule is Cl.Cl.N[C@@H](Cc1c[nH]c2ccccc12)C(=O)N[C@@H](Cc1cnc[nH]1)C(=O)NCc1ccccc1. The number of hydrogen-bond acceptors (Lipinski definition) is 4. The van der Waals surface area contributed by atoms with E-state index in [1.807, 2.05) is 60.8 Å². The average molecular weight is 503 g/mol. The number of aromatic amines is 2. The first kappa shape index (κ1) is 26.9. The van der Waals surface area contributed by atoms with E-state index >= 15 is 0 Å². The summed E-state index contributed by atoms with van der Waals surface area (Å²) in [4.78, 5) is 35.9. The van der Waals surface area contributed by atoms with Gasteiger partial charge in [-0.15, -0.1) is 24.8 Å². The molecule has 4 rings (SSSR count). The number of carbonyl (C=O) groups is 2. The van der Waals surface area contributed by atoms with Gasteiger partial charge in [0.25, 0.3) is 0 Å². The second kappa shape index (κ2) is 12.8. The summed E-state index contributed by atoms with van der Waals surface area (Å²) in [5.41, 5.74) is 9.88. The zero-order valence-electron chi connectivity index (χ0n) is 18.4. The third-order valence-electron chi connectivity index (χ3n) is 5.37. The summed E-state index contributed by atoms with van der Waals surface area (Å²) in [7, 11) is 0. The van der Waals surface area contributed by atoms with E-state index < -0.39 is 12.1 Å². The van der Waals surface area contributed by atoms with Gasteiger partial charge in [0.1, 0.15) is 6.04 Å². The van der Waals surface area contributed by atoms with Crippen LogP contribution >= 0.6 is 24.8 Å². The summed E-state index contributed by atoms with van der Waals surface area (Å²) < 4.78 is 0. The van der Waals surface area contributed by atoms with Crippen molar-refractivity contribution < 1.29 is 9.59 Å². The van der Waals surface area contributed by atoms with Crippen LogP contribution in [0.4, 0.5) is 0 Å². The lowest BCUT2D eigenvalue weighted by Gasteiger charge is -2.20. The third-order valence-corrected chi connectivity index (χ3v) is 5.37. The molecule has 0 fully saturated rings. The van der Waals surface area contributed by atoms with Gasteiger partial charge in [-0.3, -0.25) is 9.59 Å². The van der Waals surface area contributed by atoms with Crippen LogP contribution in [0.15, 0.2) is 73.3 Å². The predicted octanol–water partition coefficient (Wildman–Crippen LogP) is 2.65. The molecular formula is C24H28Cl2N6O2. The molecule has 0 unspecified atom stereocenters. The minimum absolute atomic E-state index is 0. The molecule has 2 amide bonds. The molecule has 0 aliphatic rings. The van der Waals surface area contributed by atoms with Crippen LogP contribution in [0.3, 0.4) is 0 Å². The molecule has 2 atom stereocenters. The van der Waals surface area contributed by atoms with Gasteiger partial charge in [-0.05, 0) is 23.6 Å². The Hall–Kier alpha value is -3.33. The molecule has 0 spiro atoms. The number of rotatable bonds is 9. The number of halogens is 2. The average Bonchev–Trinajstić information content (AvgIpc) is 3.48. The number of para-hydroxylation sites is 1. The lowest BCUT2D eigenvalue weighted by molar-refractivity contribution is -0.129. The highest BCUT2D eigenvalue weighted by molar-refractivity contribution is 5.91. The third kappa shape index (κ3) is 6.84. The zero-order chi connectivity index (χ0) is 22.3. The number of H-pyrrole nitrogens is 2. The van der Waals surface area contributed by atoms with Crippen molar-refractivity contribution >= 4 is 47.5 Å². The Labute approximate surface area is 209 Å². The van der Waals surface area contributed by atoms with Crippen molar-refractivity contribution in [1.82, 2.24) is 25.6 Å². The van der Waals surface area contributed by atoms with Crippen LogP contribution in [0.2, 0.25) is 0 Å². The Kier molecular flexibility index (Phi) is 10.1. The van der Waals surface area contributed by atoms with Crippen molar-refractivity contribution in [3.63, 3.8) is 0 Å². The van der Waals surface area contributed by atoms with Gasteiger partial charge in [0.15, 0.2) is 0 Å². The smallest absolute Gasteiger partial charge is 0.243 e. The molecule has 6 N–H and O–H groups in total. The molecule has 0 aliphatic carbocycles. The summed E-state index contributed by atoms with van der Waals surface area (Å²) >= 11 is 0. The fraction of sp³-hybridized carbons (Fsp3) is 0.208. The highest BCUT2D eigenvalue weighted by Crippen LogP contribution is 2.18. The van der Waals surface area contributed by atoms with Gasteiger partial charge >= 0.3 is 0 Å². The fourth-order valence-electron chi connectivity index (χ4n) is 3.64. The van der Waals surface area contributed by atoms with E-state index in [1.165, 1.54) is 0 Å². The standard InChI is InChI=1S/C24H26N6O2.2ClH/c25-20(10-17-13-27-21-9-5-4-8-19(17)21)23(31)30-22(11-18-14-26-15-29-18)24(32)28-12-16-6-2-1-3-7-16;;/h1-9,13-15,20,22,27H,10-12,25H2,(H,26,29)(H,28,32)(H,30,31);2*1H/t20-,22-;;/m0../s1. The van der Waals surface area contributed by atoms with Crippen molar-refractivity contribution in [2.24, 2.45) is 5.73 Å². The van der Waals surface area contributed by atoms with E-state index in [0.29, 0.717) is 13.0 Å². The molecule has 0 bridgehead atoms. The molecule has 0 saturated heterocycles. The second-order valence-corrected chi connectivity index (χ2v) is 7.72. The number of nitrogens with one attached hydrogen (secondary N) is 4. The van der Waals surface area contributed by atoms with Crippen molar-refractivity contribution in [2.75, 3.05) is 0 Å². The Morgan fingerprint density at radius 1 is 0.941 bits per heavy atom. The molecule has 34 heavy (non-hydrogen) atoms. The van der Waals surface area contributed by atoms with Gasteiger partial charge in [0.05, 0.1) is 12.4 Å². The van der Waals surface area contributed by atoms with E-state index in [4.69, 9.17) is 5.73 Å². The molecule has 0 saturated carbocycles. The van der Waals surface area contributed by atoms with Crippen LogP contribution in [0.1, 0.15) is 16.8 Å². The van der Waals surface area contributed by atoms with E-state index in [-0.39, 0.29) is 43.0 Å². The first-order valence-electron chi connectivity index (χ1n) is 10.5. The normalized spacial score (nSPS) is 12.1. The minimum Gasteiger partial charge on any atom is -0.361 e. The molecule has 10 heteroatoms. The first-order valence-corrected chi connectivity index (χ1v) is 10.5. The molecule has 2 heterocycles. The fourth-order valence-corrected chi connectivity index (χ4v) is 3.64. The van der Waals surface area contributed by atoms with Crippen LogP contribution in [0, 0.1) is 0 Å². The van der Waals surface area contributed by atoms with Crippen LogP contribution < -0.4 is 16.4 Å². The van der Waals surface area contributed by atoms with Crippen molar-refractivity contribution in [3.05, 3.63) is 90.1 Å². The maximum Gasteiger partial charge on any atom is 0.243 e. The van der Waals surface area contributed by atoms with Gasteiger partial charge in [-0.1, -0.05) is 48.5 Å². The van der Waals surface area contributed by atoms with Crippen LogP contribution in [-0.4, -0.2) is 38.8 Å².